The van der Waals surface area contributed by atoms with Crippen LogP contribution >= 0.6 is 0 Å². The van der Waals surface area contributed by atoms with Crippen molar-refractivity contribution in [1.29, 1.82) is 0 Å². The van der Waals surface area contributed by atoms with Crippen LogP contribution in [0.4, 0.5) is 0 Å². The van der Waals surface area contributed by atoms with Crippen LogP contribution in [-0.4, -0.2) is 25.9 Å². The molecule has 0 aromatic rings. The third kappa shape index (κ3) is 1.43. The zero-order chi connectivity index (χ0) is 5.98. The Kier molecular flexibility index (Phi) is 1.83. The largest absolute Gasteiger partial charge is 0.370 e. The highest BCUT2D eigenvalue weighted by atomic mass is 17.2. The molecule has 2 unspecified atom stereocenters. The molecule has 1 fully saturated rings. The third-order valence-corrected chi connectivity index (χ3v) is 1.13. The molecule has 0 radical (unpaired) electrons. The van der Waals surface area contributed by atoms with Crippen molar-refractivity contribution in [2.75, 3.05) is 13.7 Å². The van der Waals surface area contributed by atoms with Crippen molar-refractivity contribution >= 4 is 0 Å². The molecule has 1 heterocycles. The van der Waals surface area contributed by atoms with Gasteiger partial charge in [0.25, 0.3) is 0 Å². The van der Waals surface area contributed by atoms with Crippen LogP contribution in [0.15, 0.2) is 0 Å². The minimum Gasteiger partial charge on any atom is -0.370 e. The van der Waals surface area contributed by atoms with E-state index in [2.05, 4.69) is 4.89 Å². The van der Waals surface area contributed by atoms with Gasteiger partial charge in [-0.1, -0.05) is 0 Å². The number of ether oxygens (including phenoxy) is 1. The van der Waals surface area contributed by atoms with Gasteiger partial charge in [0, 0.05) is 0 Å². The Morgan fingerprint density at radius 3 is 2.75 bits per heavy atom. The lowest BCUT2D eigenvalue weighted by molar-refractivity contribution is -0.303. The second-order valence-corrected chi connectivity index (χ2v) is 1.84. The van der Waals surface area contributed by atoms with E-state index in [1.165, 1.54) is 7.11 Å². The van der Waals surface area contributed by atoms with E-state index in [9.17, 15) is 0 Å². The Balaban J connectivity index is 2.03. The fraction of sp³-hybridized carbons (Fsp3) is 1.00. The Bertz CT molecular complexity index is 70.1. The van der Waals surface area contributed by atoms with Crippen LogP contribution in [0, 0.1) is 0 Å². The van der Waals surface area contributed by atoms with Crippen molar-refractivity contribution in [1.82, 2.24) is 0 Å². The Morgan fingerprint density at radius 2 is 2.38 bits per heavy atom. The van der Waals surface area contributed by atoms with Crippen LogP contribution in [-0.2, 0) is 14.5 Å². The quantitative estimate of drug-likeness (QED) is 0.304. The van der Waals surface area contributed by atoms with Gasteiger partial charge >= 0.3 is 0 Å². The molecule has 0 N–H and O–H groups in total. The molecular weight excluding hydrogens is 108 g/mol. The van der Waals surface area contributed by atoms with E-state index >= 15 is 0 Å². The van der Waals surface area contributed by atoms with Crippen LogP contribution in [0.3, 0.4) is 0 Å². The molecule has 0 amide bonds. The van der Waals surface area contributed by atoms with E-state index in [1.54, 1.807) is 0 Å². The van der Waals surface area contributed by atoms with Gasteiger partial charge in [0.05, 0.1) is 13.7 Å². The summed E-state index contributed by atoms with van der Waals surface area (Å²) in [5.41, 5.74) is 0. The van der Waals surface area contributed by atoms with Gasteiger partial charge in [0.15, 0.2) is 0 Å². The van der Waals surface area contributed by atoms with Gasteiger partial charge < -0.3 is 4.74 Å². The van der Waals surface area contributed by atoms with Gasteiger partial charge in [-0.05, 0) is 6.92 Å². The molecule has 8 heavy (non-hydrogen) atoms. The lowest BCUT2D eigenvalue weighted by Crippen LogP contribution is -2.14. The molecular formula is C5H10O3. The highest BCUT2D eigenvalue weighted by Crippen LogP contribution is 2.15. The van der Waals surface area contributed by atoms with Crippen LogP contribution in [0.25, 0.3) is 0 Å². The maximum Gasteiger partial charge on any atom is 0.118 e. The SMILES string of the molecule is COOC(C)C1CO1. The molecule has 3 nitrogen and oxygen atoms in total. The zero-order valence-corrected chi connectivity index (χ0v) is 5.09. The monoisotopic (exact) mass is 118 g/mol. The average Bonchev–Trinajstić information content (AvgIpc) is 2.45. The van der Waals surface area contributed by atoms with Gasteiger partial charge in [0.1, 0.15) is 12.2 Å². The van der Waals surface area contributed by atoms with Crippen molar-refractivity contribution in [3.63, 3.8) is 0 Å². The normalized spacial score (nSPS) is 30.0. The summed E-state index contributed by atoms with van der Waals surface area (Å²) in [6.07, 6.45) is 0.356. The number of hydrogen-bond donors (Lipinski definition) is 0. The predicted molar refractivity (Wildman–Crippen MR) is 27.3 cm³/mol. The summed E-state index contributed by atoms with van der Waals surface area (Å²) in [5.74, 6) is 0. The Hall–Kier alpha value is -0.120. The standard InChI is InChI=1S/C5H10O3/c1-4(8-6-2)5-3-7-5/h4-5H,3H2,1-2H3. The molecule has 0 aromatic heterocycles. The van der Waals surface area contributed by atoms with Crippen molar-refractivity contribution in [2.24, 2.45) is 0 Å². The zero-order valence-electron chi connectivity index (χ0n) is 5.09. The van der Waals surface area contributed by atoms with Crippen LogP contribution < -0.4 is 0 Å². The maximum atomic E-state index is 4.92. The lowest BCUT2D eigenvalue weighted by Gasteiger charge is -2.03. The predicted octanol–water partition coefficient (Wildman–Crippen LogP) is 0.352. The molecule has 0 spiro atoms. The van der Waals surface area contributed by atoms with E-state index in [0.717, 1.165) is 6.61 Å². The first-order valence-corrected chi connectivity index (χ1v) is 2.65. The summed E-state index contributed by atoms with van der Waals surface area (Å²) >= 11 is 0. The fourth-order valence-electron chi connectivity index (χ4n) is 0.540. The van der Waals surface area contributed by atoms with Crippen molar-refractivity contribution in [2.45, 2.75) is 19.1 Å². The van der Waals surface area contributed by atoms with E-state index in [4.69, 9.17) is 9.62 Å². The first-order valence-electron chi connectivity index (χ1n) is 2.65. The van der Waals surface area contributed by atoms with Crippen molar-refractivity contribution in [3.05, 3.63) is 0 Å². The first kappa shape index (κ1) is 6.01. The smallest absolute Gasteiger partial charge is 0.118 e. The van der Waals surface area contributed by atoms with E-state index in [0.29, 0.717) is 0 Å². The van der Waals surface area contributed by atoms with Gasteiger partial charge in [-0.25, -0.2) is 9.78 Å². The van der Waals surface area contributed by atoms with E-state index < -0.39 is 0 Å². The van der Waals surface area contributed by atoms with E-state index in [-0.39, 0.29) is 12.2 Å². The van der Waals surface area contributed by atoms with Crippen LogP contribution in [0.2, 0.25) is 0 Å². The number of hydrogen-bond acceptors (Lipinski definition) is 3. The highest BCUT2D eigenvalue weighted by Gasteiger charge is 2.30. The Morgan fingerprint density at radius 1 is 1.75 bits per heavy atom. The van der Waals surface area contributed by atoms with Gasteiger partial charge in [-0.3, -0.25) is 0 Å². The van der Waals surface area contributed by atoms with Gasteiger partial charge in [0.2, 0.25) is 0 Å². The molecule has 0 aliphatic carbocycles. The minimum atomic E-state index is 0.0833. The topological polar surface area (TPSA) is 31.0 Å². The summed E-state index contributed by atoms with van der Waals surface area (Å²) in [5, 5.41) is 0. The van der Waals surface area contributed by atoms with Crippen molar-refractivity contribution < 1.29 is 14.5 Å². The van der Waals surface area contributed by atoms with Gasteiger partial charge in [-0.2, -0.15) is 0 Å². The Labute approximate surface area is 48.5 Å². The molecule has 1 aliphatic heterocycles. The second-order valence-electron chi connectivity index (χ2n) is 1.84. The summed E-state index contributed by atoms with van der Waals surface area (Å²) in [4.78, 5) is 9.17. The molecule has 2 atom stereocenters. The van der Waals surface area contributed by atoms with E-state index in [1.807, 2.05) is 6.92 Å². The molecule has 1 rings (SSSR count). The van der Waals surface area contributed by atoms with Crippen molar-refractivity contribution in [3.8, 4) is 0 Å². The molecule has 1 aliphatic rings. The summed E-state index contributed by atoms with van der Waals surface area (Å²) in [6, 6.07) is 0. The summed E-state index contributed by atoms with van der Waals surface area (Å²) in [7, 11) is 1.50. The molecule has 0 bridgehead atoms. The second kappa shape index (κ2) is 2.44. The molecule has 3 heteroatoms. The number of epoxide rings is 1. The number of rotatable bonds is 3. The molecule has 48 valence electrons. The molecule has 0 aromatic carbocycles. The van der Waals surface area contributed by atoms with Crippen LogP contribution in [0.1, 0.15) is 6.92 Å². The molecule has 1 saturated heterocycles. The average molecular weight is 118 g/mol. The maximum absolute atomic E-state index is 4.92. The summed E-state index contributed by atoms with van der Waals surface area (Å²) < 4.78 is 4.92. The third-order valence-electron chi connectivity index (χ3n) is 1.13. The van der Waals surface area contributed by atoms with Crippen LogP contribution in [0.5, 0.6) is 0 Å². The highest BCUT2D eigenvalue weighted by molar-refractivity contribution is 4.74. The first-order chi connectivity index (χ1) is 3.84. The molecule has 0 saturated carbocycles. The van der Waals surface area contributed by atoms with Gasteiger partial charge in [-0.15, -0.1) is 0 Å². The summed E-state index contributed by atoms with van der Waals surface area (Å²) in [6.45, 7) is 2.73. The lowest BCUT2D eigenvalue weighted by atomic mass is 10.3. The fourth-order valence-corrected chi connectivity index (χ4v) is 0.540. The minimum absolute atomic E-state index is 0.0833.